The first kappa shape index (κ1) is 22.4. The third-order valence-electron chi connectivity index (χ3n) is 4.95. The summed E-state index contributed by atoms with van der Waals surface area (Å²) in [6.45, 7) is 3.41. The van der Waals surface area contributed by atoms with Crippen LogP contribution in [0.2, 0.25) is 0 Å². The van der Waals surface area contributed by atoms with Crippen LogP contribution in [0.1, 0.15) is 42.8 Å². The smallest absolute Gasteiger partial charge is 0.236 e. The van der Waals surface area contributed by atoms with Crippen LogP contribution in [0.4, 0.5) is 8.78 Å². The maximum absolute atomic E-state index is 14.8. The highest BCUT2D eigenvalue weighted by atomic mass is 32.2. The van der Waals surface area contributed by atoms with E-state index in [1.54, 1.807) is 13.8 Å². The van der Waals surface area contributed by atoms with E-state index in [0.717, 1.165) is 24.2 Å². The number of aliphatic imine (C=N–C) groups is 1. The van der Waals surface area contributed by atoms with Crippen molar-refractivity contribution in [3.63, 3.8) is 0 Å². The number of aromatic nitrogens is 2. The number of halogens is 2. The number of nitriles is 1. The quantitative estimate of drug-likeness (QED) is 0.751. The van der Waals surface area contributed by atoms with Crippen molar-refractivity contribution in [3.8, 4) is 6.07 Å². The molecule has 0 saturated heterocycles. The maximum Gasteiger partial charge on any atom is 0.236 e. The Morgan fingerprint density at radius 3 is 2.71 bits per heavy atom. The lowest BCUT2D eigenvalue weighted by Crippen LogP contribution is -2.49. The molecule has 1 aliphatic rings. The standard InChI is InChI=1S/C21H20F2N6OS/c1-20(11-21(2,18(30)26-3)31-19(25)29-20)14-6-12(4-5-15(14)22)7-16(23)17-10-27-13(8-24)9-28-17/h4-7,9-10H,11H2,1-3H3,(H2,25,29)(H,26,30)/b16-7-/t20-,21+/m0/s1. The van der Waals surface area contributed by atoms with E-state index < -0.39 is 21.9 Å². The summed E-state index contributed by atoms with van der Waals surface area (Å²) in [6.07, 6.45) is 3.69. The number of nitrogens with two attached hydrogens (primary N) is 1. The number of amides is 1. The number of carbonyl (C=O) groups is 1. The molecule has 0 aliphatic carbocycles. The van der Waals surface area contributed by atoms with Gasteiger partial charge in [0.15, 0.2) is 16.7 Å². The number of nitrogens with zero attached hydrogens (tertiary/aromatic N) is 4. The molecule has 160 valence electrons. The van der Waals surface area contributed by atoms with Crippen LogP contribution in [-0.2, 0) is 10.3 Å². The normalized spacial score (nSPS) is 23.6. The minimum atomic E-state index is -1.13. The van der Waals surface area contributed by atoms with Gasteiger partial charge in [-0.25, -0.2) is 18.7 Å². The van der Waals surface area contributed by atoms with E-state index in [1.165, 1.54) is 31.3 Å². The molecule has 2 heterocycles. The van der Waals surface area contributed by atoms with Crippen molar-refractivity contribution in [2.24, 2.45) is 10.7 Å². The largest absolute Gasteiger partial charge is 0.378 e. The summed E-state index contributed by atoms with van der Waals surface area (Å²) in [6, 6.07) is 5.92. The SMILES string of the molecule is CNC(=O)[C@@]1(C)C[C@@](C)(c2cc(/C=C(\F)c3cnc(C#N)cn3)ccc2F)N=C(N)S1. The molecule has 31 heavy (non-hydrogen) atoms. The molecule has 3 N–H and O–H groups in total. The average molecular weight is 442 g/mol. The van der Waals surface area contributed by atoms with Gasteiger partial charge in [0.05, 0.1) is 17.9 Å². The Hall–Kier alpha value is -3.32. The predicted octanol–water partition coefficient (Wildman–Crippen LogP) is 3.13. The molecule has 1 aromatic carbocycles. The van der Waals surface area contributed by atoms with Gasteiger partial charge in [0.2, 0.25) is 5.91 Å². The van der Waals surface area contributed by atoms with Gasteiger partial charge in [-0.05, 0) is 37.6 Å². The van der Waals surface area contributed by atoms with E-state index in [4.69, 9.17) is 11.0 Å². The van der Waals surface area contributed by atoms with Crippen LogP contribution < -0.4 is 11.1 Å². The lowest BCUT2D eigenvalue weighted by atomic mass is 9.82. The van der Waals surface area contributed by atoms with Gasteiger partial charge in [-0.1, -0.05) is 17.8 Å². The van der Waals surface area contributed by atoms with Crippen LogP contribution in [-0.4, -0.2) is 32.8 Å². The Balaban J connectivity index is 2.01. The molecule has 7 nitrogen and oxygen atoms in total. The third kappa shape index (κ3) is 4.56. The minimum Gasteiger partial charge on any atom is -0.378 e. The number of amidine groups is 1. The fourth-order valence-corrected chi connectivity index (χ4v) is 4.81. The number of hydrogen-bond acceptors (Lipinski definition) is 7. The molecule has 1 aromatic heterocycles. The molecular formula is C21H20F2N6OS. The predicted molar refractivity (Wildman–Crippen MR) is 116 cm³/mol. The average Bonchev–Trinajstić information content (AvgIpc) is 2.73. The van der Waals surface area contributed by atoms with Crippen LogP contribution in [0, 0.1) is 17.1 Å². The fraction of sp³-hybridized carbons (Fsp3) is 0.286. The molecule has 0 unspecified atom stereocenters. The topological polar surface area (TPSA) is 117 Å². The number of nitrogens with one attached hydrogen (secondary N) is 1. The number of rotatable bonds is 4. The van der Waals surface area contributed by atoms with Crippen molar-refractivity contribution in [2.75, 3.05) is 7.05 Å². The molecule has 0 spiro atoms. The Bertz CT molecular complexity index is 1130. The zero-order valence-corrected chi connectivity index (χ0v) is 17.9. The summed E-state index contributed by atoms with van der Waals surface area (Å²) in [5.74, 6) is -1.48. The second kappa shape index (κ2) is 8.43. The van der Waals surface area contributed by atoms with Gasteiger partial charge < -0.3 is 11.1 Å². The van der Waals surface area contributed by atoms with Gasteiger partial charge in [-0.15, -0.1) is 0 Å². The fourth-order valence-electron chi connectivity index (χ4n) is 3.55. The van der Waals surface area contributed by atoms with E-state index in [9.17, 15) is 13.6 Å². The Labute approximate surface area is 182 Å². The molecule has 3 rings (SSSR count). The summed E-state index contributed by atoms with van der Waals surface area (Å²) in [4.78, 5) is 24.5. The second-order valence-corrected chi connectivity index (χ2v) is 8.97. The number of hydrogen-bond donors (Lipinski definition) is 2. The van der Waals surface area contributed by atoms with E-state index in [1.807, 2.05) is 6.07 Å². The van der Waals surface area contributed by atoms with Crippen molar-refractivity contribution in [3.05, 3.63) is 58.9 Å². The molecule has 1 amide bonds. The van der Waals surface area contributed by atoms with Crippen LogP contribution in [0.3, 0.4) is 0 Å². The Morgan fingerprint density at radius 2 is 2.10 bits per heavy atom. The van der Waals surface area contributed by atoms with Gasteiger partial charge in [0, 0.05) is 19.0 Å². The van der Waals surface area contributed by atoms with Gasteiger partial charge in [-0.3, -0.25) is 9.79 Å². The highest BCUT2D eigenvalue weighted by Gasteiger charge is 2.47. The highest BCUT2D eigenvalue weighted by Crippen LogP contribution is 2.46. The zero-order chi connectivity index (χ0) is 22.8. The van der Waals surface area contributed by atoms with Crippen molar-refractivity contribution in [1.29, 1.82) is 5.26 Å². The summed E-state index contributed by atoms with van der Waals surface area (Å²) < 4.78 is 28.5. The third-order valence-corrected chi connectivity index (χ3v) is 6.03. The van der Waals surface area contributed by atoms with E-state index in [0.29, 0.717) is 5.56 Å². The first-order valence-electron chi connectivity index (χ1n) is 9.26. The molecule has 10 heteroatoms. The van der Waals surface area contributed by atoms with E-state index in [2.05, 4.69) is 20.3 Å². The summed E-state index contributed by atoms with van der Waals surface area (Å²) in [5.41, 5.74) is 5.43. The first-order chi connectivity index (χ1) is 14.6. The molecule has 2 aromatic rings. The maximum atomic E-state index is 14.8. The van der Waals surface area contributed by atoms with Crippen molar-refractivity contribution in [2.45, 2.75) is 30.6 Å². The Kier molecular flexibility index (Phi) is 6.08. The van der Waals surface area contributed by atoms with Crippen molar-refractivity contribution < 1.29 is 13.6 Å². The molecule has 0 radical (unpaired) electrons. The molecule has 0 fully saturated rings. The number of benzene rings is 1. The van der Waals surface area contributed by atoms with Crippen molar-refractivity contribution in [1.82, 2.24) is 15.3 Å². The van der Waals surface area contributed by atoms with Gasteiger partial charge in [0.25, 0.3) is 0 Å². The number of carbonyl (C=O) groups excluding carboxylic acids is 1. The van der Waals surface area contributed by atoms with Crippen LogP contribution in [0.15, 0.2) is 35.6 Å². The minimum absolute atomic E-state index is 0.0559. The molecular weight excluding hydrogens is 422 g/mol. The van der Waals surface area contributed by atoms with Gasteiger partial charge in [-0.2, -0.15) is 5.26 Å². The van der Waals surface area contributed by atoms with E-state index >= 15 is 0 Å². The Morgan fingerprint density at radius 1 is 1.35 bits per heavy atom. The van der Waals surface area contributed by atoms with Gasteiger partial charge in [0.1, 0.15) is 22.3 Å². The second-order valence-electron chi connectivity index (χ2n) is 7.44. The van der Waals surface area contributed by atoms with E-state index in [-0.39, 0.29) is 34.4 Å². The number of thioether (sulfide) groups is 1. The van der Waals surface area contributed by atoms with Crippen LogP contribution in [0.25, 0.3) is 11.9 Å². The lowest BCUT2D eigenvalue weighted by molar-refractivity contribution is -0.123. The highest BCUT2D eigenvalue weighted by molar-refractivity contribution is 8.15. The van der Waals surface area contributed by atoms with Gasteiger partial charge >= 0.3 is 0 Å². The molecule has 2 atom stereocenters. The molecule has 0 saturated carbocycles. The summed E-state index contributed by atoms with van der Waals surface area (Å²) >= 11 is 1.12. The van der Waals surface area contributed by atoms with Crippen LogP contribution >= 0.6 is 11.8 Å². The molecule has 0 bridgehead atoms. The van der Waals surface area contributed by atoms with Crippen LogP contribution in [0.5, 0.6) is 0 Å². The lowest BCUT2D eigenvalue weighted by Gasteiger charge is -2.40. The first-order valence-corrected chi connectivity index (χ1v) is 10.1. The van der Waals surface area contributed by atoms with Crippen molar-refractivity contribution >= 4 is 34.7 Å². The summed E-state index contributed by atoms with van der Waals surface area (Å²) in [7, 11) is 1.52. The zero-order valence-electron chi connectivity index (χ0n) is 17.1. The molecule has 1 aliphatic heterocycles. The monoisotopic (exact) mass is 442 g/mol. The summed E-state index contributed by atoms with van der Waals surface area (Å²) in [5, 5.41) is 11.5.